The summed E-state index contributed by atoms with van der Waals surface area (Å²) in [6, 6.07) is 7.61. The Hall–Kier alpha value is -0.820. The second-order valence-electron chi connectivity index (χ2n) is 6.30. The summed E-state index contributed by atoms with van der Waals surface area (Å²) >= 11 is 0. The van der Waals surface area contributed by atoms with E-state index in [9.17, 15) is 0 Å². The highest BCUT2D eigenvalue weighted by Crippen LogP contribution is 2.47. The lowest BCUT2D eigenvalue weighted by Gasteiger charge is -2.44. The number of hydrogen-bond donors (Lipinski definition) is 1. The van der Waals surface area contributed by atoms with E-state index in [1.807, 2.05) is 0 Å². The van der Waals surface area contributed by atoms with Crippen LogP contribution in [0.25, 0.3) is 0 Å². The smallest absolute Gasteiger partial charge is 0.0211 e. The van der Waals surface area contributed by atoms with Crippen LogP contribution >= 0.6 is 0 Å². The predicted molar refractivity (Wildman–Crippen MR) is 72.4 cm³/mol. The fraction of sp³-hybridized carbons (Fsp3) is 0.625. The van der Waals surface area contributed by atoms with Gasteiger partial charge in [0.05, 0.1) is 0 Å². The fourth-order valence-electron chi connectivity index (χ4n) is 3.81. The van der Waals surface area contributed by atoms with Crippen LogP contribution in [0.1, 0.15) is 62.6 Å². The second kappa shape index (κ2) is 3.84. The van der Waals surface area contributed by atoms with Crippen LogP contribution < -0.4 is 5.32 Å². The minimum atomic E-state index is 0.372. The van der Waals surface area contributed by atoms with Gasteiger partial charge in [-0.3, -0.25) is 0 Å². The van der Waals surface area contributed by atoms with Crippen LogP contribution in [0, 0.1) is 0 Å². The van der Waals surface area contributed by atoms with Gasteiger partial charge in [0, 0.05) is 12.6 Å². The standard InChI is InChI=1S/C16H23N/c1-4-14-12-8-9-16(2,3)13-7-5-6-11(10-17-14)15(12)13/h5-7,12,14,17H,4,8-10H2,1-3H3. The van der Waals surface area contributed by atoms with Crippen molar-refractivity contribution in [1.29, 1.82) is 0 Å². The lowest BCUT2D eigenvalue weighted by Crippen LogP contribution is -2.43. The monoisotopic (exact) mass is 229 g/mol. The first kappa shape index (κ1) is 11.3. The predicted octanol–water partition coefficient (Wildman–Crippen LogP) is 3.72. The Labute approximate surface area is 105 Å². The van der Waals surface area contributed by atoms with Crippen molar-refractivity contribution in [2.75, 3.05) is 0 Å². The minimum Gasteiger partial charge on any atom is -0.309 e. The van der Waals surface area contributed by atoms with E-state index < -0.39 is 0 Å². The molecule has 0 aromatic heterocycles. The zero-order chi connectivity index (χ0) is 12.0. The SMILES string of the molecule is CCC1NCc2cccc3c2C1CCC3(C)C. The summed E-state index contributed by atoms with van der Waals surface area (Å²) in [7, 11) is 0. The summed E-state index contributed by atoms with van der Waals surface area (Å²) in [6.45, 7) is 8.18. The Balaban J connectivity index is 2.16. The summed E-state index contributed by atoms with van der Waals surface area (Å²) in [5, 5.41) is 3.71. The van der Waals surface area contributed by atoms with Gasteiger partial charge in [-0.2, -0.15) is 0 Å². The molecule has 1 aliphatic carbocycles. The van der Waals surface area contributed by atoms with Gasteiger partial charge in [-0.1, -0.05) is 39.0 Å². The van der Waals surface area contributed by atoms with E-state index in [-0.39, 0.29) is 0 Å². The molecule has 1 heterocycles. The first-order valence-corrected chi connectivity index (χ1v) is 6.99. The van der Waals surface area contributed by atoms with Crippen LogP contribution in [-0.2, 0) is 12.0 Å². The molecule has 92 valence electrons. The highest BCUT2D eigenvalue weighted by atomic mass is 14.9. The van der Waals surface area contributed by atoms with Crippen molar-refractivity contribution < 1.29 is 0 Å². The maximum atomic E-state index is 3.71. The fourth-order valence-corrected chi connectivity index (χ4v) is 3.81. The Morgan fingerprint density at radius 2 is 2.18 bits per heavy atom. The molecule has 2 unspecified atom stereocenters. The quantitative estimate of drug-likeness (QED) is 0.774. The minimum absolute atomic E-state index is 0.372. The number of rotatable bonds is 1. The summed E-state index contributed by atoms with van der Waals surface area (Å²) < 4.78 is 0. The van der Waals surface area contributed by atoms with E-state index in [2.05, 4.69) is 44.3 Å². The molecule has 2 aliphatic rings. The zero-order valence-electron chi connectivity index (χ0n) is 11.2. The van der Waals surface area contributed by atoms with Crippen LogP contribution in [0.3, 0.4) is 0 Å². The Bertz CT molecular complexity index is 433. The molecule has 0 amide bonds. The van der Waals surface area contributed by atoms with Crippen molar-refractivity contribution >= 4 is 0 Å². The molecule has 1 aromatic carbocycles. The van der Waals surface area contributed by atoms with Crippen LogP contribution in [0.15, 0.2) is 18.2 Å². The van der Waals surface area contributed by atoms with Crippen LogP contribution in [-0.4, -0.2) is 6.04 Å². The molecule has 2 atom stereocenters. The number of benzene rings is 1. The Kier molecular flexibility index (Phi) is 2.55. The summed E-state index contributed by atoms with van der Waals surface area (Å²) in [5.41, 5.74) is 5.22. The third-order valence-electron chi connectivity index (χ3n) is 4.86. The second-order valence-corrected chi connectivity index (χ2v) is 6.30. The van der Waals surface area contributed by atoms with Gasteiger partial charge in [-0.25, -0.2) is 0 Å². The van der Waals surface area contributed by atoms with Gasteiger partial charge in [-0.15, -0.1) is 0 Å². The summed E-state index contributed by atoms with van der Waals surface area (Å²) in [6.07, 6.45) is 3.92. The lowest BCUT2D eigenvalue weighted by atomic mass is 9.64. The van der Waals surface area contributed by atoms with Gasteiger partial charge >= 0.3 is 0 Å². The largest absolute Gasteiger partial charge is 0.309 e. The maximum absolute atomic E-state index is 3.71. The van der Waals surface area contributed by atoms with Gasteiger partial charge in [0.2, 0.25) is 0 Å². The molecule has 0 fully saturated rings. The average molecular weight is 229 g/mol. The van der Waals surface area contributed by atoms with Gasteiger partial charge in [0.15, 0.2) is 0 Å². The molecule has 1 heteroatoms. The number of hydrogen-bond acceptors (Lipinski definition) is 1. The molecule has 3 rings (SSSR count). The molecule has 1 aliphatic heterocycles. The molecule has 0 saturated heterocycles. The molecule has 1 nitrogen and oxygen atoms in total. The Morgan fingerprint density at radius 3 is 2.94 bits per heavy atom. The average Bonchev–Trinajstić information content (AvgIpc) is 2.34. The molecular formula is C16H23N. The topological polar surface area (TPSA) is 12.0 Å². The maximum Gasteiger partial charge on any atom is 0.0211 e. The third-order valence-corrected chi connectivity index (χ3v) is 4.86. The van der Waals surface area contributed by atoms with Gasteiger partial charge in [0.25, 0.3) is 0 Å². The van der Waals surface area contributed by atoms with Crippen molar-refractivity contribution in [3.05, 3.63) is 34.9 Å². The van der Waals surface area contributed by atoms with E-state index in [1.165, 1.54) is 19.3 Å². The molecule has 0 radical (unpaired) electrons. The van der Waals surface area contributed by atoms with Crippen LogP contribution in [0.2, 0.25) is 0 Å². The highest BCUT2D eigenvalue weighted by Gasteiger charge is 2.38. The summed E-state index contributed by atoms with van der Waals surface area (Å²) in [5.74, 6) is 0.757. The van der Waals surface area contributed by atoms with Crippen molar-refractivity contribution in [2.24, 2.45) is 0 Å². The van der Waals surface area contributed by atoms with E-state index in [0.29, 0.717) is 11.5 Å². The van der Waals surface area contributed by atoms with Crippen molar-refractivity contribution in [1.82, 2.24) is 5.32 Å². The van der Waals surface area contributed by atoms with Gasteiger partial charge in [0.1, 0.15) is 0 Å². The normalized spacial score (nSPS) is 29.8. The van der Waals surface area contributed by atoms with Gasteiger partial charge in [-0.05, 0) is 47.3 Å². The van der Waals surface area contributed by atoms with E-state index in [1.54, 1.807) is 16.7 Å². The van der Waals surface area contributed by atoms with Crippen molar-refractivity contribution in [3.8, 4) is 0 Å². The Morgan fingerprint density at radius 1 is 1.35 bits per heavy atom. The molecule has 0 saturated carbocycles. The molecule has 1 aromatic rings. The molecule has 1 N–H and O–H groups in total. The highest BCUT2D eigenvalue weighted by molar-refractivity contribution is 5.46. The van der Waals surface area contributed by atoms with E-state index >= 15 is 0 Å². The summed E-state index contributed by atoms with van der Waals surface area (Å²) in [4.78, 5) is 0. The molecule has 17 heavy (non-hydrogen) atoms. The van der Waals surface area contributed by atoms with E-state index in [0.717, 1.165) is 12.5 Å². The van der Waals surface area contributed by atoms with Crippen LogP contribution in [0.4, 0.5) is 0 Å². The zero-order valence-corrected chi connectivity index (χ0v) is 11.2. The third kappa shape index (κ3) is 1.63. The van der Waals surface area contributed by atoms with Crippen molar-refractivity contribution in [2.45, 2.75) is 64.0 Å². The van der Waals surface area contributed by atoms with Crippen LogP contribution in [0.5, 0.6) is 0 Å². The molecule has 0 spiro atoms. The van der Waals surface area contributed by atoms with Crippen molar-refractivity contribution in [3.63, 3.8) is 0 Å². The van der Waals surface area contributed by atoms with E-state index in [4.69, 9.17) is 0 Å². The van der Waals surface area contributed by atoms with Gasteiger partial charge < -0.3 is 5.32 Å². The first-order valence-electron chi connectivity index (χ1n) is 6.99. The molecular weight excluding hydrogens is 206 g/mol. The number of nitrogens with one attached hydrogen (secondary N) is 1. The molecule has 0 bridgehead atoms. The lowest BCUT2D eigenvalue weighted by molar-refractivity contribution is 0.307. The first-order chi connectivity index (χ1) is 8.13.